The van der Waals surface area contributed by atoms with Crippen LogP contribution in [-0.2, 0) is 11.2 Å². The Morgan fingerprint density at radius 2 is 2.06 bits per heavy atom. The number of hydrogen-bond donors (Lipinski definition) is 0. The van der Waals surface area contributed by atoms with Crippen LogP contribution in [0.1, 0.15) is 38.7 Å². The van der Waals surface area contributed by atoms with Crippen LogP contribution in [0.3, 0.4) is 0 Å². The summed E-state index contributed by atoms with van der Waals surface area (Å²) < 4.78 is 5.84. The molecule has 1 aromatic rings. The molecule has 3 unspecified atom stereocenters. The van der Waals surface area contributed by atoms with E-state index in [0.717, 1.165) is 12.5 Å². The fourth-order valence-electron chi connectivity index (χ4n) is 2.94. The van der Waals surface area contributed by atoms with Gasteiger partial charge in [0.15, 0.2) is 0 Å². The van der Waals surface area contributed by atoms with Gasteiger partial charge in [-0.1, -0.05) is 50.6 Å². The molecule has 1 aliphatic rings. The third kappa shape index (κ3) is 3.32. The van der Waals surface area contributed by atoms with Gasteiger partial charge in [-0.15, -0.1) is 0 Å². The van der Waals surface area contributed by atoms with E-state index in [1.807, 2.05) is 0 Å². The average Bonchev–Trinajstić information content (AvgIpc) is 2.90. The molecule has 17 heavy (non-hydrogen) atoms. The Morgan fingerprint density at radius 3 is 2.65 bits per heavy atom. The second-order valence-electron chi connectivity index (χ2n) is 5.27. The highest BCUT2D eigenvalue weighted by Gasteiger charge is 2.27. The Kier molecular flexibility index (Phi) is 4.61. The van der Waals surface area contributed by atoms with Crippen LogP contribution in [0.25, 0.3) is 0 Å². The van der Waals surface area contributed by atoms with Crippen LogP contribution in [0.15, 0.2) is 30.3 Å². The summed E-state index contributed by atoms with van der Waals surface area (Å²) in [5.74, 6) is 1.43. The maximum absolute atomic E-state index is 5.84. The van der Waals surface area contributed by atoms with Gasteiger partial charge in [-0.2, -0.15) is 0 Å². The molecule has 1 heteroatoms. The van der Waals surface area contributed by atoms with Crippen LogP contribution < -0.4 is 0 Å². The van der Waals surface area contributed by atoms with Crippen molar-refractivity contribution in [3.8, 4) is 0 Å². The van der Waals surface area contributed by atoms with E-state index in [4.69, 9.17) is 4.74 Å². The first-order valence-electron chi connectivity index (χ1n) is 6.96. The molecule has 2 rings (SSSR count). The van der Waals surface area contributed by atoms with E-state index in [0.29, 0.717) is 12.0 Å². The number of ether oxygens (including phenoxy) is 1. The molecular formula is C16H24O. The molecule has 1 fully saturated rings. The van der Waals surface area contributed by atoms with Gasteiger partial charge in [0.05, 0.1) is 6.10 Å². The summed E-state index contributed by atoms with van der Waals surface area (Å²) in [5.41, 5.74) is 1.46. The van der Waals surface area contributed by atoms with Gasteiger partial charge in [0.1, 0.15) is 0 Å². The fourth-order valence-corrected chi connectivity index (χ4v) is 2.94. The minimum Gasteiger partial charge on any atom is -0.378 e. The Labute approximate surface area is 105 Å². The Morgan fingerprint density at radius 1 is 1.29 bits per heavy atom. The van der Waals surface area contributed by atoms with E-state index in [2.05, 4.69) is 44.2 Å². The lowest BCUT2D eigenvalue weighted by Gasteiger charge is -2.27. The minimum absolute atomic E-state index is 0.503. The maximum atomic E-state index is 5.84. The van der Waals surface area contributed by atoms with Gasteiger partial charge in [-0.3, -0.25) is 0 Å². The number of benzene rings is 1. The van der Waals surface area contributed by atoms with Crippen molar-refractivity contribution < 1.29 is 4.74 Å². The first kappa shape index (κ1) is 12.6. The van der Waals surface area contributed by atoms with Crippen molar-refractivity contribution in [3.05, 3.63) is 35.9 Å². The molecule has 0 amide bonds. The molecule has 0 saturated carbocycles. The monoisotopic (exact) mass is 232 g/mol. The summed E-state index contributed by atoms with van der Waals surface area (Å²) in [7, 11) is 0. The normalized spacial score (nSPS) is 23.5. The van der Waals surface area contributed by atoms with Crippen LogP contribution in [-0.4, -0.2) is 12.7 Å². The lowest BCUT2D eigenvalue weighted by atomic mass is 9.82. The van der Waals surface area contributed by atoms with Gasteiger partial charge in [0.25, 0.3) is 0 Å². The molecule has 1 nitrogen and oxygen atoms in total. The smallest absolute Gasteiger partial charge is 0.0604 e. The number of hydrogen-bond acceptors (Lipinski definition) is 1. The predicted octanol–water partition coefficient (Wildman–Crippen LogP) is 4.07. The standard InChI is InChI=1S/C16H24O/c1-3-15(12-14-8-5-4-6-9-14)13(2)16-10-7-11-17-16/h4-6,8-9,13,15-16H,3,7,10-12H2,1-2H3. The van der Waals surface area contributed by atoms with E-state index in [1.165, 1.54) is 31.2 Å². The number of rotatable bonds is 5. The van der Waals surface area contributed by atoms with Crippen LogP contribution in [0.5, 0.6) is 0 Å². The van der Waals surface area contributed by atoms with Gasteiger partial charge in [0.2, 0.25) is 0 Å². The quantitative estimate of drug-likeness (QED) is 0.743. The van der Waals surface area contributed by atoms with Crippen molar-refractivity contribution in [2.45, 2.75) is 45.6 Å². The Balaban J connectivity index is 1.96. The molecule has 1 heterocycles. The fraction of sp³-hybridized carbons (Fsp3) is 0.625. The zero-order chi connectivity index (χ0) is 12.1. The zero-order valence-electron chi connectivity index (χ0n) is 11.1. The molecule has 1 saturated heterocycles. The van der Waals surface area contributed by atoms with Crippen molar-refractivity contribution in [1.29, 1.82) is 0 Å². The largest absolute Gasteiger partial charge is 0.378 e. The first-order chi connectivity index (χ1) is 8.31. The summed E-state index contributed by atoms with van der Waals surface area (Å²) in [4.78, 5) is 0. The van der Waals surface area contributed by atoms with Crippen LogP contribution >= 0.6 is 0 Å². The van der Waals surface area contributed by atoms with E-state index in [9.17, 15) is 0 Å². The van der Waals surface area contributed by atoms with Crippen molar-refractivity contribution >= 4 is 0 Å². The molecule has 0 bridgehead atoms. The molecule has 94 valence electrons. The molecule has 0 spiro atoms. The molecule has 0 N–H and O–H groups in total. The molecule has 0 aromatic heterocycles. The summed E-state index contributed by atoms with van der Waals surface area (Å²) in [6.45, 7) is 5.64. The SMILES string of the molecule is CCC(Cc1ccccc1)C(C)C1CCCO1. The summed E-state index contributed by atoms with van der Waals surface area (Å²) >= 11 is 0. The predicted molar refractivity (Wildman–Crippen MR) is 72.1 cm³/mol. The lowest BCUT2D eigenvalue weighted by molar-refractivity contribution is 0.0446. The highest BCUT2D eigenvalue weighted by molar-refractivity contribution is 5.15. The molecule has 1 aliphatic heterocycles. The molecule has 0 aliphatic carbocycles. The average molecular weight is 232 g/mol. The first-order valence-corrected chi connectivity index (χ1v) is 6.96. The zero-order valence-corrected chi connectivity index (χ0v) is 11.1. The van der Waals surface area contributed by atoms with Crippen molar-refractivity contribution in [1.82, 2.24) is 0 Å². The van der Waals surface area contributed by atoms with Gasteiger partial charge < -0.3 is 4.74 Å². The third-order valence-electron chi connectivity index (χ3n) is 4.16. The lowest BCUT2D eigenvalue weighted by Crippen LogP contribution is -2.26. The highest BCUT2D eigenvalue weighted by Crippen LogP contribution is 2.30. The summed E-state index contributed by atoms with van der Waals surface area (Å²) in [6.07, 6.45) is 5.45. The van der Waals surface area contributed by atoms with Gasteiger partial charge >= 0.3 is 0 Å². The second-order valence-corrected chi connectivity index (χ2v) is 5.27. The van der Waals surface area contributed by atoms with Crippen LogP contribution in [0.4, 0.5) is 0 Å². The van der Waals surface area contributed by atoms with Crippen LogP contribution in [0.2, 0.25) is 0 Å². The molecule has 0 radical (unpaired) electrons. The van der Waals surface area contributed by atoms with Gasteiger partial charge in [-0.25, -0.2) is 0 Å². The minimum atomic E-state index is 0.503. The van der Waals surface area contributed by atoms with Crippen molar-refractivity contribution in [2.75, 3.05) is 6.61 Å². The van der Waals surface area contributed by atoms with E-state index >= 15 is 0 Å². The Hall–Kier alpha value is -0.820. The third-order valence-corrected chi connectivity index (χ3v) is 4.16. The summed E-state index contributed by atoms with van der Waals surface area (Å²) in [5, 5.41) is 0. The molecular weight excluding hydrogens is 208 g/mol. The van der Waals surface area contributed by atoms with Crippen molar-refractivity contribution in [3.63, 3.8) is 0 Å². The maximum Gasteiger partial charge on any atom is 0.0604 e. The molecule has 3 atom stereocenters. The topological polar surface area (TPSA) is 9.23 Å². The Bertz CT molecular complexity index is 314. The highest BCUT2D eigenvalue weighted by atomic mass is 16.5. The van der Waals surface area contributed by atoms with E-state index in [1.54, 1.807) is 0 Å². The second kappa shape index (κ2) is 6.20. The van der Waals surface area contributed by atoms with Gasteiger partial charge in [-0.05, 0) is 36.7 Å². The van der Waals surface area contributed by atoms with Gasteiger partial charge in [0, 0.05) is 6.61 Å². The molecule has 1 aromatic carbocycles. The summed E-state index contributed by atoms with van der Waals surface area (Å²) in [6, 6.07) is 10.8. The van der Waals surface area contributed by atoms with E-state index < -0.39 is 0 Å². The van der Waals surface area contributed by atoms with E-state index in [-0.39, 0.29) is 0 Å². The van der Waals surface area contributed by atoms with Crippen molar-refractivity contribution in [2.24, 2.45) is 11.8 Å². The van der Waals surface area contributed by atoms with Crippen LogP contribution in [0, 0.1) is 11.8 Å².